The minimum Gasteiger partial charge on any atom is -0.494 e. The van der Waals surface area contributed by atoms with Gasteiger partial charge in [0.25, 0.3) is 5.69 Å². The van der Waals surface area contributed by atoms with Gasteiger partial charge < -0.3 is 14.7 Å². The van der Waals surface area contributed by atoms with Gasteiger partial charge in [0.15, 0.2) is 0 Å². The van der Waals surface area contributed by atoms with Crippen molar-refractivity contribution >= 4 is 11.4 Å². The highest BCUT2D eigenvalue weighted by atomic mass is 16.6. The highest BCUT2D eigenvalue weighted by Crippen LogP contribution is 2.35. The van der Waals surface area contributed by atoms with Gasteiger partial charge in [0.05, 0.1) is 29.4 Å². The summed E-state index contributed by atoms with van der Waals surface area (Å²) >= 11 is 0. The van der Waals surface area contributed by atoms with Crippen LogP contribution in [0.2, 0.25) is 0 Å². The van der Waals surface area contributed by atoms with E-state index in [9.17, 15) is 15.2 Å². The Morgan fingerprint density at radius 2 is 2.04 bits per heavy atom. The number of nitro benzene ring substituents is 1. The molecule has 0 spiro atoms. The number of piperidine rings is 1. The number of rotatable bonds is 6. The number of hydrogen-bond donors (Lipinski definition) is 1. The quantitative estimate of drug-likeness (QED) is 0.642. The molecule has 1 saturated heterocycles. The zero-order chi connectivity index (χ0) is 17.0. The molecule has 2 rings (SSSR count). The average molecular weight is 322 g/mol. The third-order valence-electron chi connectivity index (χ3n) is 4.49. The van der Waals surface area contributed by atoms with Gasteiger partial charge in [0, 0.05) is 19.2 Å². The van der Waals surface area contributed by atoms with Crippen LogP contribution in [0.15, 0.2) is 18.2 Å². The maximum Gasteiger partial charge on any atom is 0.273 e. The second-order valence-corrected chi connectivity index (χ2v) is 6.89. The van der Waals surface area contributed by atoms with E-state index in [1.807, 2.05) is 13.8 Å². The van der Waals surface area contributed by atoms with Crippen LogP contribution in [0.5, 0.6) is 5.75 Å². The van der Waals surface area contributed by atoms with E-state index in [1.165, 1.54) is 12.1 Å². The molecule has 0 radical (unpaired) electrons. The van der Waals surface area contributed by atoms with E-state index in [0.717, 1.165) is 44.5 Å². The van der Waals surface area contributed by atoms with Crippen LogP contribution in [0.25, 0.3) is 0 Å². The first-order chi connectivity index (χ1) is 10.8. The van der Waals surface area contributed by atoms with E-state index in [1.54, 1.807) is 13.2 Å². The molecule has 0 bridgehead atoms. The Labute approximate surface area is 137 Å². The van der Waals surface area contributed by atoms with Crippen LogP contribution in [0.1, 0.15) is 39.5 Å². The molecule has 0 amide bonds. The number of non-ortho nitro benzene ring substituents is 1. The first-order valence-corrected chi connectivity index (χ1v) is 8.10. The molecule has 1 aliphatic heterocycles. The van der Waals surface area contributed by atoms with Crippen molar-refractivity contribution in [3.63, 3.8) is 0 Å². The number of anilines is 1. The predicted octanol–water partition coefficient (Wildman–Crippen LogP) is 3.37. The molecule has 1 fully saturated rings. The van der Waals surface area contributed by atoms with E-state index in [0.29, 0.717) is 11.7 Å². The predicted molar refractivity (Wildman–Crippen MR) is 90.1 cm³/mol. The van der Waals surface area contributed by atoms with Crippen molar-refractivity contribution in [1.82, 2.24) is 0 Å². The Morgan fingerprint density at radius 3 is 2.57 bits per heavy atom. The van der Waals surface area contributed by atoms with E-state index in [2.05, 4.69) is 4.90 Å². The molecular formula is C17H26N2O4. The van der Waals surface area contributed by atoms with Crippen molar-refractivity contribution in [3.05, 3.63) is 28.3 Å². The number of methoxy groups -OCH3 is 1. The minimum atomic E-state index is -0.598. The number of ether oxygens (including phenoxy) is 1. The first kappa shape index (κ1) is 17.5. The lowest BCUT2D eigenvalue weighted by molar-refractivity contribution is -0.384. The summed E-state index contributed by atoms with van der Waals surface area (Å²) in [5.74, 6) is 1.18. The second-order valence-electron chi connectivity index (χ2n) is 6.89. The fourth-order valence-electron chi connectivity index (χ4n) is 3.06. The SMILES string of the molecule is COc1cc([N+](=O)[O-])ccc1N1CCC(CCC(C)(C)O)CC1. The average Bonchev–Trinajstić information content (AvgIpc) is 2.52. The monoisotopic (exact) mass is 322 g/mol. The Hall–Kier alpha value is -1.82. The van der Waals surface area contributed by atoms with Gasteiger partial charge in [-0.1, -0.05) is 0 Å². The van der Waals surface area contributed by atoms with E-state index in [4.69, 9.17) is 4.74 Å². The van der Waals surface area contributed by atoms with Crippen molar-refractivity contribution in [3.8, 4) is 5.75 Å². The minimum absolute atomic E-state index is 0.0469. The van der Waals surface area contributed by atoms with Gasteiger partial charge in [-0.05, 0) is 51.5 Å². The maximum absolute atomic E-state index is 10.9. The zero-order valence-electron chi connectivity index (χ0n) is 14.1. The first-order valence-electron chi connectivity index (χ1n) is 8.10. The van der Waals surface area contributed by atoms with Crippen LogP contribution in [0.4, 0.5) is 11.4 Å². The molecule has 1 N–H and O–H groups in total. The molecule has 0 unspecified atom stereocenters. The molecular weight excluding hydrogens is 296 g/mol. The smallest absolute Gasteiger partial charge is 0.273 e. The van der Waals surface area contributed by atoms with Crippen LogP contribution >= 0.6 is 0 Å². The Balaban J connectivity index is 1.98. The summed E-state index contributed by atoms with van der Waals surface area (Å²) in [6.45, 7) is 5.52. The summed E-state index contributed by atoms with van der Waals surface area (Å²) in [6, 6.07) is 4.78. The molecule has 1 aromatic rings. The Bertz CT molecular complexity index is 546. The van der Waals surface area contributed by atoms with E-state index < -0.39 is 10.5 Å². The summed E-state index contributed by atoms with van der Waals surface area (Å²) < 4.78 is 5.33. The van der Waals surface area contributed by atoms with Crippen LogP contribution in [-0.4, -0.2) is 35.8 Å². The molecule has 0 aliphatic carbocycles. The fourth-order valence-corrected chi connectivity index (χ4v) is 3.06. The summed E-state index contributed by atoms with van der Waals surface area (Å²) in [7, 11) is 1.54. The number of nitrogens with zero attached hydrogens (tertiary/aromatic N) is 2. The van der Waals surface area contributed by atoms with Gasteiger partial charge in [-0.2, -0.15) is 0 Å². The van der Waals surface area contributed by atoms with Gasteiger partial charge >= 0.3 is 0 Å². The summed E-state index contributed by atoms with van der Waals surface area (Å²) in [4.78, 5) is 12.7. The third-order valence-corrected chi connectivity index (χ3v) is 4.49. The van der Waals surface area contributed by atoms with Crippen LogP contribution in [0, 0.1) is 16.0 Å². The lowest BCUT2D eigenvalue weighted by Crippen LogP contribution is -2.34. The molecule has 0 aromatic heterocycles. The van der Waals surface area contributed by atoms with Crippen LogP contribution in [0.3, 0.4) is 0 Å². The molecule has 23 heavy (non-hydrogen) atoms. The largest absolute Gasteiger partial charge is 0.494 e. The molecule has 1 aliphatic rings. The van der Waals surface area contributed by atoms with Crippen LogP contribution in [-0.2, 0) is 0 Å². The van der Waals surface area contributed by atoms with Gasteiger partial charge in [-0.3, -0.25) is 10.1 Å². The Kier molecular flexibility index (Phi) is 5.46. The zero-order valence-corrected chi connectivity index (χ0v) is 14.1. The van der Waals surface area contributed by atoms with Crippen molar-refractivity contribution in [1.29, 1.82) is 0 Å². The third kappa shape index (κ3) is 4.82. The van der Waals surface area contributed by atoms with Gasteiger partial charge in [-0.15, -0.1) is 0 Å². The maximum atomic E-state index is 10.9. The standard InChI is InChI=1S/C17H26N2O4/c1-17(2,20)9-6-13-7-10-18(11-8-13)15-5-4-14(19(21)22)12-16(15)23-3/h4-5,12-13,20H,6-11H2,1-3H3. The molecule has 1 aromatic carbocycles. The molecule has 6 heteroatoms. The van der Waals surface area contributed by atoms with Crippen molar-refractivity contribution in [2.45, 2.75) is 45.1 Å². The lowest BCUT2D eigenvalue weighted by Gasteiger charge is -2.35. The molecule has 1 heterocycles. The number of benzene rings is 1. The lowest BCUT2D eigenvalue weighted by atomic mass is 9.88. The summed E-state index contributed by atoms with van der Waals surface area (Å²) in [5.41, 5.74) is 0.364. The molecule has 6 nitrogen and oxygen atoms in total. The van der Waals surface area contributed by atoms with Crippen molar-refractivity contribution < 1.29 is 14.8 Å². The molecule has 128 valence electrons. The van der Waals surface area contributed by atoms with Gasteiger partial charge in [0.1, 0.15) is 5.75 Å². The number of nitro groups is 1. The highest BCUT2D eigenvalue weighted by Gasteiger charge is 2.24. The van der Waals surface area contributed by atoms with E-state index in [-0.39, 0.29) is 5.69 Å². The van der Waals surface area contributed by atoms with Gasteiger partial charge in [-0.25, -0.2) is 0 Å². The van der Waals surface area contributed by atoms with Crippen LogP contribution < -0.4 is 9.64 Å². The molecule has 0 atom stereocenters. The normalized spacial score (nSPS) is 16.4. The Morgan fingerprint density at radius 1 is 1.39 bits per heavy atom. The van der Waals surface area contributed by atoms with E-state index >= 15 is 0 Å². The second kappa shape index (κ2) is 7.17. The topological polar surface area (TPSA) is 75.8 Å². The fraction of sp³-hybridized carbons (Fsp3) is 0.647. The highest BCUT2D eigenvalue weighted by molar-refractivity contribution is 5.62. The summed E-state index contributed by atoms with van der Waals surface area (Å²) in [6.07, 6.45) is 3.99. The van der Waals surface area contributed by atoms with Crippen molar-refractivity contribution in [2.24, 2.45) is 5.92 Å². The number of hydrogen-bond acceptors (Lipinski definition) is 5. The summed E-state index contributed by atoms with van der Waals surface area (Å²) in [5, 5.41) is 20.7. The van der Waals surface area contributed by atoms with Crippen molar-refractivity contribution in [2.75, 3.05) is 25.1 Å². The number of aliphatic hydroxyl groups is 1. The van der Waals surface area contributed by atoms with Gasteiger partial charge in [0.2, 0.25) is 0 Å². The molecule has 0 saturated carbocycles.